The fourth-order valence-corrected chi connectivity index (χ4v) is 5.69. The zero-order valence-electron chi connectivity index (χ0n) is 25.2. The number of anilines is 2. The van der Waals surface area contributed by atoms with E-state index >= 15 is 0 Å². The van der Waals surface area contributed by atoms with Gasteiger partial charge in [0.05, 0.1) is 29.7 Å². The lowest BCUT2D eigenvalue weighted by molar-refractivity contribution is -0.134. The van der Waals surface area contributed by atoms with Crippen LogP contribution in [0, 0.1) is 11.3 Å². The van der Waals surface area contributed by atoms with Crippen LogP contribution in [0.15, 0.2) is 48.7 Å². The number of hydrogen-bond acceptors (Lipinski definition) is 9. The highest BCUT2D eigenvalue weighted by molar-refractivity contribution is 5.87. The van der Waals surface area contributed by atoms with Crippen molar-refractivity contribution in [2.45, 2.75) is 51.9 Å². The summed E-state index contributed by atoms with van der Waals surface area (Å²) >= 11 is 0. The molecule has 11 nitrogen and oxygen atoms in total. The van der Waals surface area contributed by atoms with Crippen molar-refractivity contribution in [1.29, 1.82) is 5.26 Å². The van der Waals surface area contributed by atoms with Crippen LogP contribution in [0.5, 0.6) is 0 Å². The molecule has 0 aliphatic carbocycles. The van der Waals surface area contributed by atoms with Crippen molar-refractivity contribution < 1.29 is 19.1 Å². The lowest BCUT2D eigenvalue weighted by Crippen LogP contribution is -2.52. The largest absolute Gasteiger partial charge is 0.444 e. The summed E-state index contributed by atoms with van der Waals surface area (Å²) in [6.45, 7) is 10.7. The molecule has 2 saturated heterocycles. The smallest absolute Gasteiger partial charge is 0.410 e. The van der Waals surface area contributed by atoms with Gasteiger partial charge in [0.2, 0.25) is 5.91 Å². The number of amides is 2. The van der Waals surface area contributed by atoms with Crippen molar-refractivity contribution in [3.8, 4) is 6.07 Å². The first kappa shape index (κ1) is 30.1. The van der Waals surface area contributed by atoms with E-state index in [0.29, 0.717) is 56.0 Å². The molecular formula is C32H39N7O4. The molecule has 226 valence electrons. The minimum atomic E-state index is -0.548. The standard InChI is InChI=1S/C32H39N7O4/c1-21-19-39(20-28(42-21)23-11-10-22(18-33)30-24(23)7-6-12-35-30)36-29(40)17-25-26(34)8-5-9-27(25)37-13-15-38(16-14-37)31(41)43-32(2,3)4/h5-12,21,28H,13-17,19-20,34H2,1-4H3,(H,36,40)/t21-,28+/m1/s1. The van der Waals surface area contributed by atoms with Crippen LogP contribution in [0.25, 0.3) is 10.9 Å². The molecule has 0 unspecified atom stereocenters. The number of hydrazine groups is 1. The third kappa shape index (κ3) is 6.98. The number of carbonyl (C=O) groups excluding carboxylic acids is 2. The second-order valence-corrected chi connectivity index (χ2v) is 12.1. The van der Waals surface area contributed by atoms with Crippen molar-refractivity contribution in [3.05, 3.63) is 65.4 Å². The van der Waals surface area contributed by atoms with E-state index in [0.717, 1.165) is 22.2 Å². The topological polar surface area (TPSA) is 137 Å². The Labute approximate surface area is 252 Å². The van der Waals surface area contributed by atoms with E-state index in [9.17, 15) is 14.9 Å². The highest BCUT2D eigenvalue weighted by Crippen LogP contribution is 2.32. The Balaban J connectivity index is 1.26. The van der Waals surface area contributed by atoms with Gasteiger partial charge >= 0.3 is 6.09 Å². The summed E-state index contributed by atoms with van der Waals surface area (Å²) in [5.41, 5.74) is 13.2. The van der Waals surface area contributed by atoms with E-state index in [1.54, 1.807) is 23.2 Å². The number of aromatic nitrogens is 1. The fourth-order valence-electron chi connectivity index (χ4n) is 5.69. The third-order valence-electron chi connectivity index (χ3n) is 7.61. The second-order valence-electron chi connectivity index (χ2n) is 12.1. The number of rotatable bonds is 5. The monoisotopic (exact) mass is 585 g/mol. The molecule has 5 rings (SSSR count). The van der Waals surface area contributed by atoms with Gasteiger partial charge in [0.1, 0.15) is 11.7 Å². The highest BCUT2D eigenvalue weighted by atomic mass is 16.6. The predicted molar refractivity (Wildman–Crippen MR) is 164 cm³/mol. The molecular weight excluding hydrogens is 546 g/mol. The van der Waals surface area contributed by atoms with E-state index in [4.69, 9.17) is 15.2 Å². The third-order valence-corrected chi connectivity index (χ3v) is 7.61. The summed E-state index contributed by atoms with van der Waals surface area (Å²) < 4.78 is 11.8. The van der Waals surface area contributed by atoms with Crippen molar-refractivity contribution in [2.24, 2.45) is 0 Å². The number of ether oxygens (including phenoxy) is 2. The first-order chi connectivity index (χ1) is 20.5. The molecule has 2 amide bonds. The summed E-state index contributed by atoms with van der Waals surface area (Å²) in [5, 5.41) is 12.3. The van der Waals surface area contributed by atoms with Gasteiger partial charge in [-0.25, -0.2) is 9.80 Å². The number of benzene rings is 2. The lowest BCUT2D eigenvalue weighted by atomic mass is 9.99. The van der Waals surface area contributed by atoms with Gasteiger partial charge in [0, 0.05) is 67.8 Å². The molecule has 11 heteroatoms. The summed E-state index contributed by atoms with van der Waals surface area (Å²) in [7, 11) is 0. The fraction of sp³-hybridized carbons (Fsp3) is 0.438. The molecule has 0 radical (unpaired) electrons. The van der Waals surface area contributed by atoms with Gasteiger partial charge in [0.15, 0.2) is 0 Å². The summed E-state index contributed by atoms with van der Waals surface area (Å²) in [5.74, 6) is -0.175. The number of carbonyl (C=O) groups is 2. The maximum Gasteiger partial charge on any atom is 0.410 e. The molecule has 2 aliphatic heterocycles. The Morgan fingerprint density at radius 1 is 1.12 bits per heavy atom. The van der Waals surface area contributed by atoms with Gasteiger partial charge in [-0.2, -0.15) is 5.26 Å². The van der Waals surface area contributed by atoms with Crippen molar-refractivity contribution in [3.63, 3.8) is 0 Å². The van der Waals surface area contributed by atoms with E-state index in [2.05, 4.69) is 21.4 Å². The van der Waals surface area contributed by atoms with Gasteiger partial charge in [0.25, 0.3) is 0 Å². The normalized spacial score (nSPS) is 19.6. The van der Waals surface area contributed by atoms with Crippen molar-refractivity contribution in [2.75, 3.05) is 49.9 Å². The number of nitrogens with one attached hydrogen (secondary N) is 1. The zero-order chi connectivity index (χ0) is 30.7. The van der Waals surface area contributed by atoms with Crippen LogP contribution in [0.1, 0.15) is 50.5 Å². The number of nitrogens with zero attached hydrogens (tertiary/aromatic N) is 5. The Kier molecular flexibility index (Phi) is 8.71. The van der Waals surface area contributed by atoms with E-state index in [1.165, 1.54) is 0 Å². The van der Waals surface area contributed by atoms with Crippen LogP contribution in [-0.4, -0.2) is 77.9 Å². The maximum absolute atomic E-state index is 13.4. The molecule has 2 aromatic carbocycles. The molecule has 43 heavy (non-hydrogen) atoms. The second kappa shape index (κ2) is 12.5. The molecule has 0 bridgehead atoms. The van der Waals surface area contributed by atoms with Crippen LogP contribution >= 0.6 is 0 Å². The molecule has 2 aliphatic rings. The molecule has 3 N–H and O–H groups in total. The number of hydrogen-bond donors (Lipinski definition) is 2. The molecule has 1 aromatic heterocycles. The van der Waals surface area contributed by atoms with Gasteiger partial charge in [-0.15, -0.1) is 0 Å². The molecule has 3 heterocycles. The number of nitrogen functional groups attached to an aromatic ring is 1. The SMILES string of the molecule is C[C@@H]1CN(NC(=O)Cc2c(N)cccc2N2CCN(C(=O)OC(C)(C)C)CC2)C[C@@H](c2ccc(C#N)c3ncccc23)O1. The zero-order valence-corrected chi connectivity index (χ0v) is 25.2. The Hall–Kier alpha value is -4.40. The quantitative estimate of drug-likeness (QED) is 0.429. The molecule has 2 fully saturated rings. The highest BCUT2D eigenvalue weighted by Gasteiger charge is 2.30. The Bertz CT molecular complexity index is 1540. The average Bonchev–Trinajstić information content (AvgIpc) is 2.96. The van der Waals surface area contributed by atoms with Gasteiger partial charge in [-0.1, -0.05) is 18.2 Å². The number of morpholine rings is 1. The van der Waals surface area contributed by atoms with E-state index in [-0.39, 0.29) is 30.6 Å². The molecule has 2 atom stereocenters. The van der Waals surface area contributed by atoms with Gasteiger partial charge in [-0.05, 0) is 57.5 Å². The van der Waals surface area contributed by atoms with Crippen LogP contribution in [0.2, 0.25) is 0 Å². The van der Waals surface area contributed by atoms with Crippen LogP contribution < -0.4 is 16.1 Å². The minimum absolute atomic E-state index is 0.106. The van der Waals surface area contributed by atoms with Crippen molar-refractivity contribution >= 4 is 34.3 Å². The summed E-state index contributed by atoms with van der Waals surface area (Å²) in [6, 6.07) is 15.3. The van der Waals surface area contributed by atoms with Crippen molar-refractivity contribution in [1.82, 2.24) is 20.3 Å². The lowest BCUT2D eigenvalue weighted by Gasteiger charge is -2.38. The first-order valence-electron chi connectivity index (χ1n) is 14.6. The summed E-state index contributed by atoms with van der Waals surface area (Å²) in [6.07, 6.45) is 1.01. The number of fused-ring (bicyclic) bond motifs is 1. The Morgan fingerprint density at radius 3 is 2.60 bits per heavy atom. The molecule has 0 spiro atoms. The van der Waals surface area contributed by atoms with Crippen LogP contribution in [0.3, 0.4) is 0 Å². The maximum atomic E-state index is 13.4. The number of pyridine rings is 1. The van der Waals surface area contributed by atoms with E-state index in [1.807, 2.05) is 63.0 Å². The predicted octanol–water partition coefficient (Wildman–Crippen LogP) is 3.78. The van der Waals surface area contributed by atoms with Crippen LogP contribution in [0.4, 0.5) is 16.2 Å². The van der Waals surface area contributed by atoms with Gasteiger partial charge < -0.3 is 25.0 Å². The number of nitriles is 1. The number of piperazine rings is 1. The summed E-state index contributed by atoms with van der Waals surface area (Å²) in [4.78, 5) is 34.2. The average molecular weight is 586 g/mol. The van der Waals surface area contributed by atoms with Gasteiger partial charge in [-0.3, -0.25) is 15.2 Å². The van der Waals surface area contributed by atoms with Crippen LogP contribution in [-0.2, 0) is 20.7 Å². The minimum Gasteiger partial charge on any atom is -0.444 e. The molecule has 3 aromatic rings. The number of nitrogens with two attached hydrogens (primary N) is 1. The Morgan fingerprint density at radius 2 is 1.88 bits per heavy atom. The first-order valence-corrected chi connectivity index (χ1v) is 14.6. The molecule has 0 saturated carbocycles. The van der Waals surface area contributed by atoms with E-state index < -0.39 is 5.60 Å².